The van der Waals surface area contributed by atoms with Crippen molar-refractivity contribution in [1.82, 2.24) is 4.98 Å². The molecule has 22 heavy (non-hydrogen) atoms. The standard InChI is InChI=1S/C17H20ClNO2S/c1-16(2,3)15-19-12-5-4-11(18)14(13(12)21-15)22-10-6-17(7-10)8-20-9-17/h4-5,10H,6-9H2,1-3H3. The van der Waals surface area contributed by atoms with Crippen molar-refractivity contribution in [3.63, 3.8) is 0 Å². The number of hydrogen-bond donors (Lipinski definition) is 0. The van der Waals surface area contributed by atoms with Crippen LogP contribution in [0, 0.1) is 5.41 Å². The predicted molar refractivity (Wildman–Crippen MR) is 89.9 cm³/mol. The number of fused-ring (bicyclic) bond motifs is 1. The lowest BCUT2D eigenvalue weighted by molar-refractivity contribution is -0.152. The summed E-state index contributed by atoms with van der Waals surface area (Å²) in [5.41, 5.74) is 2.11. The van der Waals surface area contributed by atoms with E-state index in [0.29, 0.717) is 10.7 Å². The summed E-state index contributed by atoms with van der Waals surface area (Å²) in [7, 11) is 0. The quantitative estimate of drug-likeness (QED) is 0.768. The van der Waals surface area contributed by atoms with Crippen LogP contribution in [-0.2, 0) is 10.2 Å². The summed E-state index contributed by atoms with van der Waals surface area (Å²) < 4.78 is 11.4. The summed E-state index contributed by atoms with van der Waals surface area (Å²) in [5, 5.41) is 1.37. The molecule has 2 aromatic rings. The Bertz CT molecular complexity index is 722. The van der Waals surface area contributed by atoms with Crippen LogP contribution in [0.25, 0.3) is 11.1 Å². The minimum Gasteiger partial charge on any atom is -0.439 e. The molecule has 1 aliphatic carbocycles. The molecule has 118 valence electrons. The molecule has 1 aromatic carbocycles. The molecule has 0 N–H and O–H groups in total. The lowest BCUT2D eigenvalue weighted by Gasteiger charge is -2.53. The van der Waals surface area contributed by atoms with E-state index < -0.39 is 0 Å². The monoisotopic (exact) mass is 337 g/mol. The highest BCUT2D eigenvalue weighted by molar-refractivity contribution is 8.00. The van der Waals surface area contributed by atoms with E-state index in [1.807, 2.05) is 23.9 Å². The van der Waals surface area contributed by atoms with Gasteiger partial charge in [0.15, 0.2) is 5.58 Å². The second-order valence-electron chi connectivity index (χ2n) is 7.63. The summed E-state index contributed by atoms with van der Waals surface area (Å²) >= 11 is 8.28. The van der Waals surface area contributed by atoms with E-state index in [1.165, 1.54) is 12.8 Å². The van der Waals surface area contributed by atoms with Gasteiger partial charge in [-0.15, -0.1) is 11.8 Å². The Morgan fingerprint density at radius 1 is 1.27 bits per heavy atom. The Labute approximate surface area is 139 Å². The topological polar surface area (TPSA) is 35.3 Å². The number of aromatic nitrogens is 1. The molecule has 0 radical (unpaired) electrons. The van der Waals surface area contributed by atoms with Crippen molar-refractivity contribution in [2.75, 3.05) is 13.2 Å². The fraction of sp³-hybridized carbons (Fsp3) is 0.588. The first kappa shape index (κ1) is 14.9. The molecule has 1 spiro atoms. The third kappa shape index (κ3) is 2.36. The molecule has 2 aliphatic rings. The molecule has 0 atom stereocenters. The molecule has 1 aliphatic heterocycles. The lowest BCUT2D eigenvalue weighted by atomic mass is 9.67. The second-order valence-corrected chi connectivity index (χ2v) is 9.35. The van der Waals surface area contributed by atoms with Crippen LogP contribution in [0.5, 0.6) is 0 Å². The highest BCUT2D eigenvalue weighted by Crippen LogP contribution is 2.54. The molecule has 3 nitrogen and oxygen atoms in total. The molecule has 0 amide bonds. The smallest absolute Gasteiger partial charge is 0.200 e. The molecule has 0 bridgehead atoms. The van der Waals surface area contributed by atoms with Crippen molar-refractivity contribution in [2.45, 2.75) is 49.2 Å². The summed E-state index contributed by atoms with van der Waals surface area (Å²) in [4.78, 5) is 5.68. The minimum atomic E-state index is -0.1000. The zero-order valence-electron chi connectivity index (χ0n) is 13.1. The number of thioether (sulfide) groups is 1. The van der Waals surface area contributed by atoms with Crippen LogP contribution in [0.3, 0.4) is 0 Å². The molecule has 1 saturated carbocycles. The van der Waals surface area contributed by atoms with E-state index >= 15 is 0 Å². The highest BCUT2D eigenvalue weighted by Gasteiger charge is 2.50. The number of ether oxygens (including phenoxy) is 1. The van der Waals surface area contributed by atoms with E-state index in [4.69, 9.17) is 20.8 Å². The van der Waals surface area contributed by atoms with Gasteiger partial charge in [0.25, 0.3) is 0 Å². The maximum Gasteiger partial charge on any atom is 0.200 e. The van der Waals surface area contributed by atoms with Crippen molar-refractivity contribution in [2.24, 2.45) is 5.41 Å². The van der Waals surface area contributed by atoms with Gasteiger partial charge in [-0.1, -0.05) is 32.4 Å². The molecule has 2 heterocycles. The zero-order valence-corrected chi connectivity index (χ0v) is 14.7. The molecule has 2 fully saturated rings. The average Bonchev–Trinajstić information content (AvgIpc) is 2.77. The Morgan fingerprint density at radius 2 is 2.00 bits per heavy atom. The molecule has 4 rings (SSSR count). The van der Waals surface area contributed by atoms with Gasteiger partial charge in [0, 0.05) is 16.1 Å². The molecular formula is C17H20ClNO2S. The van der Waals surface area contributed by atoms with Gasteiger partial charge in [-0.25, -0.2) is 4.98 Å². The first-order valence-corrected chi connectivity index (χ1v) is 8.96. The molecule has 1 aromatic heterocycles. The predicted octanol–water partition coefficient (Wildman–Crippen LogP) is 5.05. The van der Waals surface area contributed by atoms with Gasteiger partial charge in [-0.05, 0) is 25.0 Å². The summed E-state index contributed by atoms with van der Waals surface area (Å²) in [6.45, 7) is 8.19. The maximum absolute atomic E-state index is 6.44. The summed E-state index contributed by atoms with van der Waals surface area (Å²) in [6.07, 6.45) is 2.43. The van der Waals surface area contributed by atoms with Gasteiger partial charge >= 0.3 is 0 Å². The van der Waals surface area contributed by atoms with Crippen LogP contribution in [0.2, 0.25) is 5.02 Å². The van der Waals surface area contributed by atoms with E-state index in [-0.39, 0.29) is 5.41 Å². The number of halogens is 1. The van der Waals surface area contributed by atoms with Crippen molar-refractivity contribution in [3.8, 4) is 0 Å². The largest absolute Gasteiger partial charge is 0.439 e. The fourth-order valence-electron chi connectivity index (χ4n) is 3.16. The molecule has 1 saturated heterocycles. The van der Waals surface area contributed by atoms with Crippen LogP contribution >= 0.6 is 23.4 Å². The Balaban J connectivity index is 1.64. The van der Waals surface area contributed by atoms with Gasteiger partial charge in [0.2, 0.25) is 5.89 Å². The Hall–Kier alpha value is -0.710. The summed E-state index contributed by atoms with van der Waals surface area (Å²) in [5.74, 6) is 0.768. The highest BCUT2D eigenvalue weighted by atomic mass is 35.5. The summed E-state index contributed by atoms with van der Waals surface area (Å²) in [6, 6.07) is 3.88. The Morgan fingerprint density at radius 3 is 2.59 bits per heavy atom. The van der Waals surface area contributed by atoms with Gasteiger partial charge in [0.1, 0.15) is 5.52 Å². The SMILES string of the molecule is CC(C)(C)c1nc2ccc(Cl)c(SC3CC4(COC4)C3)c2o1. The lowest BCUT2D eigenvalue weighted by Crippen LogP contribution is -2.53. The maximum atomic E-state index is 6.44. The van der Waals surface area contributed by atoms with E-state index in [0.717, 1.165) is 40.1 Å². The first-order valence-electron chi connectivity index (χ1n) is 7.70. The van der Waals surface area contributed by atoms with Gasteiger partial charge < -0.3 is 9.15 Å². The number of rotatable bonds is 2. The van der Waals surface area contributed by atoms with Crippen molar-refractivity contribution in [1.29, 1.82) is 0 Å². The van der Waals surface area contributed by atoms with Crippen molar-refractivity contribution in [3.05, 3.63) is 23.0 Å². The van der Waals surface area contributed by atoms with Crippen LogP contribution in [0.15, 0.2) is 21.4 Å². The second kappa shape index (κ2) is 4.89. The molecule has 5 heteroatoms. The number of hydrogen-bond acceptors (Lipinski definition) is 4. The normalized spacial score (nSPS) is 21.1. The number of nitrogens with zero attached hydrogens (tertiary/aromatic N) is 1. The van der Waals surface area contributed by atoms with E-state index in [1.54, 1.807) is 0 Å². The third-order valence-corrected chi connectivity index (χ3v) is 6.26. The van der Waals surface area contributed by atoms with Crippen LogP contribution in [0.1, 0.15) is 39.5 Å². The van der Waals surface area contributed by atoms with E-state index in [9.17, 15) is 0 Å². The van der Waals surface area contributed by atoms with Crippen molar-refractivity contribution < 1.29 is 9.15 Å². The molecule has 0 unspecified atom stereocenters. The van der Waals surface area contributed by atoms with Crippen LogP contribution in [0.4, 0.5) is 0 Å². The minimum absolute atomic E-state index is 0.1000. The number of oxazole rings is 1. The fourth-order valence-corrected chi connectivity index (χ4v) is 5.08. The van der Waals surface area contributed by atoms with Crippen LogP contribution in [-0.4, -0.2) is 23.4 Å². The first-order chi connectivity index (χ1) is 10.4. The zero-order chi connectivity index (χ0) is 15.5. The average molecular weight is 338 g/mol. The third-order valence-electron chi connectivity index (χ3n) is 4.53. The number of benzene rings is 1. The van der Waals surface area contributed by atoms with Gasteiger partial charge in [-0.2, -0.15) is 0 Å². The van der Waals surface area contributed by atoms with E-state index in [2.05, 4.69) is 25.8 Å². The Kier molecular flexibility index (Phi) is 3.30. The van der Waals surface area contributed by atoms with Crippen molar-refractivity contribution >= 4 is 34.5 Å². The van der Waals surface area contributed by atoms with Gasteiger partial charge in [-0.3, -0.25) is 0 Å². The van der Waals surface area contributed by atoms with Gasteiger partial charge in [0.05, 0.1) is 23.1 Å². The molecular weight excluding hydrogens is 318 g/mol. The van der Waals surface area contributed by atoms with Crippen LogP contribution < -0.4 is 0 Å².